The van der Waals surface area contributed by atoms with Crippen molar-refractivity contribution < 1.29 is 13.5 Å². The monoisotopic (exact) mass is 446 g/mol. The fourth-order valence-corrected chi connectivity index (χ4v) is 5.11. The Labute approximate surface area is 188 Å². The molecule has 0 aliphatic rings. The van der Waals surface area contributed by atoms with E-state index < -0.39 is 16.1 Å². The van der Waals surface area contributed by atoms with Crippen LogP contribution in [0.3, 0.4) is 0 Å². The molecule has 1 unspecified atom stereocenters. The zero-order valence-electron chi connectivity index (χ0n) is 18.0. The average molecular weight is 447 g/mol. The highest BCUT2D eigenvalue weighted by molar-refractivity contribution is 7.92. The number of hydrogen-bond donors (Lipinski definition) is 1. The standard InChI is InChI=1S/C26H26N2O3S/c1-4-19-14-15-21(16-20(19)5-2)28(32(3,30)31)18-22(29)17-27-25-12-8-6-10-23(25)24-11-7-9-13-26(24)27/h4-16,22,29H,1-2,17-18H2,3H3. The van der Waals surface area contributed by atoms with Gasteiger partial charge in [-0.05, 0) is 35.4 Å². The Morgan fingerprint density at radius 3 is 2.03 bits per heavy atom. The summed E-state index contributed by atoms with van der Waals surface area (Å²) in [6.45, 7) is 7.78. The van der Waals surface area contributed by atoms with Gasteiger partial charge in [0.25, 0.3) is 0 Å². The largest absolute Gasteiger partial charge is 0.389 e. The first-order chi connectivity index (χ1) is 15.3. The summed E-state index contributed by atoms with van der Waals surface area (Å²) in [6, 6.07) is 21.3. The van der Waals surface area contributed by atoms with Crippen LogP contribution in [0.2, 0.25) is 0 Å². The molecule has 0 spiro atoms. The van der Waals surface area contributed by atoms with Crippen LogP contribution < -0.4 is 4.31 Å². The number of aliphatic hydroxyl groups excluding tert-OH is 1. The van der Waals surface area contributed by atoms with Crippen LogP contribution in [0, 0.1) is 0 Å². The van der Waals surface area contributed by atoms with Crippen molar-refractivity contribution in [2.45, 2.75) is 12.6 Å². The Hall–Kier alpha value is -3.35. The van der Waals surface area contributed by atoms with Crippen molar-refractivity contribution in [3.63, 3.8) is 0 Å². The molecule has 4 rings (SSSR count). The van der Waals surface area contributed by atoms with Crippen LogP contribution >= 0.6 is 0 Å². The second kappa shape index (κ2) is 8.65. The number of aliphatic hydroxyl groups is 1. The van der Waals surface area contributed by atoms with Gasteiger partial charge in [0.05, 0.1) is 31.1 Å². The maximum absolute atomic E-state index is 12.6. The fraction of sp³-hybridized carbons (Fsp3) is 0.154. The van der Waals surface area contributed by atoms with Crippen molar-refractivity contribution in [1.29, 1.82) is 0 Å². The summed E-state index contributed by atoms with van der Waals surface area (Å²) in [5, 5.41) is 13.2. The molecule has 0 bridgehead atoms. The molecule has 0 fully saturated rings. The van der Waals surface area contributed by atoms with E-state index in [0.29, 0.717) is 5.69 Å². The van der Waals surface area contributed by atoms with Gasteiger partial charge in [-0.15, -0.1) is 0 Å². The van der Waals surface area contributed by atoms with Gasteiger partial charge < -0.3 is 9.67 Å². The Kier molecular flexibility index (Phi) is 5.91. The van der Waals surface area contributed by atoms with Crippen LogP contribution in [0.4, 0.5) is 5.69 Å². The maximum atomic E-state index is 12.6. The molecule has 5 nitrogen and oxygen atoms in total. The summed E-state index contributed by atoms with van der Waals surface area (Å²) in [5.41, 5.74) is 4.13. The van der Waals surface area contributed by atoms with E-state index in [-0.39, 0.29) is 13.1 Å². The number of fused-ring (bicyclic) bond motifs is 3. The number of anilines is 1. The van der Waals surface area contributed by atoms with Crippen LogP contribution in [0.1, 0.15) is 11.1 Å². The van der Waals surface area contributed by atoms with Gasteiger partial charge in [-0.3, -0.25) is 4.31 Å². The molecule has 0 radical (unpaired) electrons. The van der Waals surface area contributed by atoms with Crippen molar-refractivity contribution in [3.8, 4) is 0 Å². The number of nitrogens with zero attached hydrogens (tertiary/aromatic N) is 2. The predicted octanol–water partition coefficient (Wildman–Crippen LogP) is 4.91. The molecule has 1 atom stereocenters. The first-order valence-electron chi connectivity index (χ1n) is 10.3. The van der Waals surface area contributed by atoms with E-state index in [9.17, 15) is 13.5 Å². The fourth-order valence-electron chi connectivity index (χ4n) is 4.17. The molecule has 0 saturated carbocycles. The lowest BCUT2D eigenvalue weighted by molar-refractivity contribution is 0.166. The van der Waals surface area contributed by atoms with E-state index in [0.717, 1.165) is 39.2 Å². The summed E-state index contributed by atoms with van der Waals surface area (Å²) in [6.07, 6.45) is 3.59. The first kappa shape index (κ1) is 21.9. The van der Waals surface area contributed by atoms with Crippen molar-refractivity contribution in [3.05, 3.63) is 91.0 Å². The third kappa shape index (κ3) is 4.07. The van der Waals surface area contributed by atoms with Crippen LogP contribution in [0.25, 0.3) is 34.0 Å². The number of aromatic nitrogens is 1. The quantitative estimate of drug-likeness (QED) is 0.418. The number of para-hydroxylation sites is 2. The number of hydrogen-bond acceptors (Lipinski definition) is 3. The Balaban J connectivity index is 1.69. The van der Waals surface area contributed by atoms with E-state index in [4.69, 9.17) is 0 Å². The molecular weight excluding hydrogens is 420 g/mol. The van der Waals surface area contributed by atoms with Crippen molar-refractivity contribution in [2.75, 3.05) is 17.1 Å². The lowest BCUT2D eigenvalue weighted by atomic mass is 10.1. The molecule has 1 N–H and O–H groups in total. The first-order valence-corrected chi connectivity index (χ1v) is 12.2. The highest BCUT2D eigenvalue weighted by atomic mass is 32.2. The highest BCUT2D eigenvalue weighted by Crippen LogP contribution is 2.29. The maximum Gasteiger partial charge on any atom is 0.232 e. The Bertz CT molecular complexity index is 1370. The van der Waals surface area contributed by atoms with Crippen LogP contribution in [0.5, 0.6) is 0 Å². The van der Waals surface area contributed by atoms with Crippen molar-refractivity contribution in [2.24, 2.45) is 0 Å². The number of benzene rings is 3. The van der Waals surface area contributed by atoms with Gasteiger partial charge in [-0.2, -0.15) is 0 Å². The SMILES string of the molecule is C=Cc1ccc(N(CC(O)Cn2c3ccccc3c3ccccc32)S(C)(=O)=O)cc1C=C. The Morgan fingerprint density at radius 1 is 0.938 bits per heavy atom. The predicted molar refractivity (Wildman–Crippen MR) is 134 cm³/mol. The third-order valence-corrected chi connectivity index (χ3v) is 6.81. The smallest absolute Gasteiger partial charge is 0.232 e. The minimum absolute atomic E-state index is 0.0658. The average Bonchev–Trinajstić information content (AvgIpc) is 3.10. The van der Waals surface area contributed by atoms with Gasteiger partial charge in [0.1, 0.15) is 0 Å². The van der Waals surface area contributed by atoms with Gasteiger partial charge >= 0.3 is 0 Å². The van der Waals surface area contributed by atoms with Crippen molar-refractivity contribution >= 4 is 49.7 Å². The summed E-state index contributed by atoms with van der Waals surface area (Å²) in [7, 11) is -3.62. The third-order valence-electron chi connectivity index (χ3n) is 5.65. The van der Waals surface area contributed by atoms with Gasteiger partial charge in [-0.25, -0.2) is 8.42 Å². The molecule has 0 aliphatic heterocycles. The molecule has 1 aromatic heterocycles. The van der Waals surface area contributed by atoms with E-state index in [1.807, 2.05) is 41.0 Å². The van der Waals surface area contributed by atoms with Crippen LogP contribution in [-0.2, 0) is 16.6 Å². The molecule has 4 aromatic rings. The lowest BCUT2D eigenvalue weighted by Gasteiger charge is -2.26. The van der Waals surface area contributed by atoms with Gasteiger partial charge in [0, 0.05) is 21.8 Å². The zero-order chi connectivity index (χ0) is 22.9. The summed E-state index contributed by atoms with van der Waals surface area (Å²) in [5.74, 6) is 0. The lowest BCUT2D eigenvalue weighted by Crippen LogP contribution is -2.38. The van der Waals surface area contributed by atoms with E-state index in [2.05, 4.69) is 25.3 Å². The molecule has 1 heterocycles. The molecular formula is C26H26N2O3S. The van der Waals surface area contributed by atoms with Crippen LogP contribution in [-0.4, -0.2) is 37.0 Å². The van der Waals surface area contributed by atoms with E-state index >= 15 is 0 Å². The van der Waals surface area contributed by atoms with E-state index in [1.54, 1.807) is 30.4 Å². The normalized spacial score (nSPS) is 12.7. The summed E-state index contributed by atoms with van der Waals surface area (Å²) >= 11 is 0. The minimum Gasteiger partial charge on any atom is -0.389 e. The molecule has 164 valence electrons. The highest BCUT2D eigenvalue weighted by Gasteiger charge is 2.23. The minimum atomic E-state index is -3.62. The van der Waals surface area contributed by atoms with E-state index in [1.165, 1.54) is 4.31 Å². The number of rotatable bonds is 8. The van der Waals surface area contributed by atoms with Gasteiger partial charge in [0.2, 0.25) is 10.0 Å². The van der Waals surface area contributed by atoms with Gasteiger partial charge in [0.15, 0.2) is 0 Å². The second-order valence-electron chi connectivity index (χ2n) is 7.81. The molecule has 0 amide bonds. The molecule has 32 heavy (non-hydrogen) atoms. The number of sulfonamides is 1. The van der Waals surface area contributed by atoms with Gasteiger partial charge in [-0.1, -0.05) is 67.8 Å². The van der Waals surface area contributed by atoms with Crippen molar-refractivity contribution in [1.82, 2.24) is 4.57 Å². The zero-order valence-corrected chi connectivity index (χ0v) is 18.8. The second-order valence-corrected chi connectivity index (χ2v) is 9.72. The topological polar surface area (TPSA) is 62.5 Å². The molecule has 0 saturated heterocycles. The Morgan fingerprint density at radius 2 is 1.50 bits per heavy atom. The van der Waals surface area contributed by atoms with Crippen LogP contribution in [0.15, 0.2) is 79.9 Å². The molecule has 0 aliphatic carbocycles. The summed E-state index contributed by atoms with van der Waals surface area (Å²) in [4.78, 5) is 0. The summed E-state index contributed by atoms with van der Waals surface area (Å²) < 4.78 is 28.5. The molecule has 3 aromatic carbocycles. The molecule has 6 heteroatoms.